The number of amides is 1. The van der Waals surface area contributed by atoms with Crippen LogP contribution in [0.5, 0.6) is 0 Å². The van der Waals surface area contributed by atoms with E-state index in [9.17, 15) is 9.59 Å². The molecule has 0 aliphatic heterocycles. The van der Waals surface area contributed by atoms with Gasteiger partial charge in [0.1, 0.15) is 6.29 Å². The van der Waals surface area contributed by atoms with E-state index in [-0.39, 0.29) is 12.1 Å². The summed E-state index contributed by atoms with van der Waals surface area (Å²) in [7, 11) is 5.67. The Labute approximate surface area is 117 Å². The Bertz CT molecular complexity index is 271. The summed E-state index contributed by atoms with van der Waals surface area (Å²) in [5.41, 5.74) is 0. The molecule has 0 aliphatic rings. The fourth-order valence-corrected chi connectivity index (χ4v) is 2.27. The van der Waals surface area contributed by atoms with Crippen molar-refractivity contribution in [1.82, 2.24) is 14.7 Å². The average molecular weight is 271 g/mol. The molecule has 0 aromatic carbocycles. The van der Waals surface area contributed by atoms with Gasteiger partial charge in [-0.05, 0) is 26.6 Å². The molecule has 0 rings (SSSR count). The first-order chi connectivity index (χ1) is 8.87. The zero-order valence-electron chi connectivity index (χ0n) is 13.2. The Morgan fingerprint density at radius 1 is 1.05 bits per heavy atom. The standard InChI is InChI=1S/C14H29N3O2/c1-7-16(5)14(10-18)13(17(6)11-19)9-15(4)8-12(2)3/h10-14H,7-9H2,1-6H3/t13?,14-/m0/s1. The van der Waals surface area contributed by atoms with Gasteiger partial charge in [0.15, 0.2) is 0 Å². The van der Waals surface area contributed by atoms with E-state index < -0.39 is 0 Å². The van der Waals surface area contributed by atoms with E-state index in [1.165, 1.54) is 0 Å². The molecule has 1 unspecified atom stereocenters. The van der Waals surface area contributed by atoms with Gasteiger partial charge in [-0.15, -0.1) is 0 Å². The highest BCUT2D eigenvalue weighted by Crippen LogP contribution is 2.09. The molecular weight excluding hydrogens is 242 g/mol. The first-order valence-corrected chi connectivity index (χ1v) is 6.88. The van der Waals surface area contributed by atoms with Gasteiger partial charge in [-0.25, -0.2) is 0 Å². The quantitative estimate of drug-likeness (QED) is 0.544. The van der Waals surface area contributed by atoms with Crippen LogP contribution in [0.4, 0.5) is 0 Å². The van der Waals surface area contributed by atoms with Gasteiger partial charge < -0.3 is 14.6 Å². The molecule has 2 atom stereocenters. The first-order valence-electron chi connectivity index (χ1n) is 6.88. The van der Waals surface area contributed by atoms with Gasteiger partial charge in [-0.3, -0.25) is 9.69 Å². The smallest absolute Gasteiger partial charge is 0.209 e. The first kappa shape index (κ1) is 18.1. The Morgan fingerprint density at radius 2 is 1.63 bits per heavy atom. The second kappa shape index (κ2) is 9.04. The molecular formula is C14H29N3O2. The van der Waals surface area contributed by atoms with Gasteiger partial charge in [0.05, 0.1) is 12.1 Å². The van der Waals surface area contributed by atoms with Crippen molar-refractivity contribution in [1.29, 1.82) is 0 Å². The lowest BCUT2D eigenvalue weighted by atomic mass is 10.1. The largest absolute Gasteiger partial charge is 0.342 e. The fourth-order valence-electron chi connectivity index (χ4n) is 2.27. The van der Waals surface area contributed by atoms with Crippen LogP contribution in [0, 0.1) is 5.92 Å². The minimum absolute atomic E-state index is 0.122. The molecule has 0 aromatic rings. The van der Waals surface area contributed by atoms with Crippen LogP contribution in [0.25, 0.3) is 0 Å². The third-order valence-corrected chi connectivity index (χ3v) is 3.41. The third kappa shape index (κ3) is 6.16. The van der Waals surface area contributed by atoms with Crippen LogP contribution in [-0.2, 0) is 9.59 Å². The summed E-state index contributed by atoms with van der Waals surface area (Å²) in [6, 6.07) is -0.390. The minimum Gasteiger partial charge on any atom is -0.342 e. The lowest BCUT2D eigenvalue weighted by molar-refractivity contribution is -0.123. The fraction of sp³-hybridized carbons (Fsp3) is 0.857. The minimum atomic E-state index is -0.269. The molecule has 112 valence electrons. The summed E-state index contributed by atoms with van der Waals surface area (Å²) >= 11 is 0. The molecule has 0 aromatic heterocycles. The summed E-state index contributed by atoms with van der Waals surface area (Å²) < 4.78 is 0. The van der Waals surface area contributed by atoms with E-state index in [0.29, 0.717) is 12.5 Å². The van der Waals surface area contributed by atoms with E-state index >= 15 is 0 Å². The maximum Gasteiger partial charge on any atom is 0.209 e. The Kier molecular flexibility index (Phi) is 8.59. The topological polar surface area (TPSA) is 43.9 Å². The second-order valence-corrected chi connectivity index (χ2v) is 5.65. The molecule has 0 radical (unpaired) electrons. The van der Waals surface area contributed by atoms with Crippen LogP contribution in [0.3, 0.4) is 0 Å². The van der Waals surface area contributed by atoms with Gasteiger partial charge in [-0.1, -0.05) is 20.8 Å². The number of rotatable bonds is 10. The summed E-state index contributed by atoms with van der Waals surface area (Å²) in [6.45, 7) is 8.74. The van der Waals surface area contributed by atoms with Crippen molar-refractivity contribution >= 4 is 12.7 Å². The van der Waals surface area contributed by atoms with Crippen molar-refractivity contribution in [3.05, 3.63) is 0 Å². The van der Waals surface area contributed by atoms with Gasteiger partial charge in [0, 0.05) is 20.1 Å². The number of nitrogens with zero attached hydrogens (tertiary/aromatic N) is 3. The predicted octanol–water partition coefficient (Wildman–Crippen LogP) is 0.550. The monoisotopic (exact) mass is 271 g/mol. The summed E-state index contributed by atoms with van der Waals surface area (Å²) in [5.74, 6) is 0.561. The zero-order valence-corrected chi connectivity index (χ0v) is 13.2. The Hall–Kier alpha value is -0.940. The van der Waals surface area contributed by atoms with E-state index in [0.717, 1.165) is 25.8 Å². The molecule has 5 nitrogen and oxygen atoms in total. The van der Waals surface area contributed by atoms with E-state index in [1.54, 1.807) is 11.9 Å². The summed E-state index contributed by atoms with van der Waals surface area (Å²) in [5, 5.41) is 0. The van der Waals surface area contributed by atoms with Gasteiger partial charge in [0.2, 0.25) is 6.41 Å². The molecule has 0 aliphatic carbocycles. The van der Waals surface area contributed by atoms with Gasteiger partial charge in [0.25, 0.3) is 0 Å². The van der Waals surface area contributed by atoms with Gasteiger partial charge in [-0.2, -0.15) is 0 Å². The maximum atomic E-state index is 11.4. The SMILES string of the molecule is CCN(C)[C@@H](C=O)C(CN(C)CC(C)C)N(C)C=O. The van der Waals surface area contributed by atoms with Crippen LogP contribution in [-0.4, -0.2) is 80.3 Å². The lowest BCUT2D eigenvalue weighted by Crippen LogP contribution is -2.54. The lowest BCUT2D eigenvalue weighted by Gasteiger charge is -2.37. The highest BCUT2D eigenvalue weighted by molar-refractivity contribution is 5.61. The van der Waals surface area contributed by atoms with Crippen molar-refractivity contribution in [3.8, 4) is 0 Å². The maximum absolute atomic E-state index is 11.4. The zero-order chi connectivity index (χ0) is 15.0. The summed E-state index contributed by atoms with van der Waals surface area (Å²) in [6.07, 6.45) is 1.74. The highest BCUT2D eigenvalue weighted by Gasteiger charge is 2.28. The Morgan fingerprint density at radius 3 is 2.00 bits per heavy atom. The van der Waals surface area contributed by atoms with Crippen LogP contribution in [0.1, 0.15) is 20.8 Å². The molecule has 0 saturated heterocycles. The molecule has 1 amide bonds. The molecule has 0 spiro atoms. The molecule has 0 N–H and O–H groups in total. The number of carbonyl (C=O) groups excluding carboxylic acids is 2. The molecule has 19 heavy (non-hydrogen) atoms. The molecule has 0 bridgehead atoms. The summed E-state index contributed by atoms with van der Waals surface area (Å²) in [4.78, 5) is 28.2. The third-order valence-electron chi connectivity index (χ3n) is 3.41. The Balaban J connectivity index is 4.88. The van der Waals surface area contributed by atoms with Crippen molar-refractivity contribution in [2.24, 2.45) is 5.92 Å². The normalized spacial score (nSPS) is 14.8. The molecule has 0 heterocycles. The van der Waals surface area contributed by atoms with E-state index in [2.05, 4.69) is 18.7 Å². The molecule has 0 fully saturated rings. The van der Waals surface area contributed by atoms with Crippen molar-refractivity contribution in [2.45, 2.75) is 32.9 Å². The number of aldehydes is 1. The van der Waals surface area contributed by atoms with Crippen molar-refractivity contribution in [2.75, 3.05) is 40.8 Å². The van der Waals surface area contributed by atoms with Crippen LogP contribution in [0.2, 0.25) is 0 Å². The number of hydrogen-bond donors (Lipinski definition) is 0. The van der Waals surface area contributed by atoms with Crippen LogP contribution in [0.15, 0.2) is 0 Å². The highest BCUT2D eigenvalue weighted by atomic mass is 16.1. The molecule has 0 saturated carbocycles. The number of hydrogen-bond acceptors (Lipinski definition) is 4. The van der Waals surface area contributed by atoms with Crippen LogP contribution >= 0.6 is 0 Å². The average Bonchev–Trinajstić information content (AvgIpc) is 2.36. The van der Waals surface area contributed by atoms with E-state index in [4.69, 9.17) is 0 Å². The predicted molar refractivity (Wildman–Crippen MR) is 78.1 cm³/mol. The van der Waals surface area contributed by atoms with E-state index in [1.807, 2.05) is 25.9 Å². The van der Waals surface area contributed by atoms with Crippen molar-refractivity contribution in [3.63, 3.8) is 0 Å². The number of likely N-dealkylation sites (N-methyl/N-ethyl adjacent to an activating group) is 3. The second-order valence-electron chi connectivity index (χ2n) is 5.65. The number of carbonyl (C=O) groups is 2. The molecule has 5 heteroatoms. The van der Waals surface area contributed by atoms with Gasteiger partial charge >= 0.3 is 0 Å². The van der Waals surface area contributed by atoms with Crippen molar-refractivity contribution < 1.29 is 9.59 Å². The van der Waals surface area contributed by atoms with Crippen LogP contribution < -0.4 is 0 Å².